The number of aromatic nitrogens is 1. The molecule has 1 amide bonds. The molecule has 1 aromatic heterocycles. The number of amides is 1. The van der Waals surface area contributed by atoms with Crippen LogP contribution >= 0.6 is 15.9 Å². The molecule has 14 heavy (non-hydrogen) atoms. The lowest BCUT2D eigenvalue weighted by Gasteiger charge is -2.15. The fraction of sp³-hybridized carbons (Fsp3) is 0.333. The van der Waals surface area contributed by atoms with Crippen LogP contribution in [0.25, 0.3) is 0 Å². The first-order chi connectivity index (χ1) is 6.66. The smallest absolute Gasteiger partial charge is 0.273 e. The SMILES string of the molecule is CN(CCO)C(=O)c1ncccc1Br. The lowest BCUT2D eigenvalue weighted by molar-refractivity contribution is 0.0760. The Balaban J connectivity index is 2.84. The summed E-state index contributed by atoms with van der Waals surface area (Å²) in [5, 5.41) is 8.68. The molecule has 0 aliphatic heterocycles. The van der Waals surface area contributed by atoms with Crippen molar-refractivity contribution in [2.24, 2.45) is 0 Å². The van der Waals surface area contributed by atoms with Crippen LogP contribution in [0.2, 0.25) is 0 Å². The number of rotatable bonds is 3. The normalized spacial score (nSPS) is 9.93. The van der Waals surface area contributed by atoms with Gasteiger partial charge in [0.2, 0.25) is 0 Å². The first-order valence-electron chi connectivity index (χ1n) is 4.13. The third-order valence-electron chi connectivity index (χ3n) is 1.74. The number of likely N-dealkylation sites (N-methyl/N-ethyl adjacent to an activating group) is 1. The number of carbonyl (C=O) groups excluding carboxylic acids is 1. The van der Waals surface area contributed by atoms with E-state index in [4.69, 9.17) is 5.11 Å². The molecular weight excluding hydrogens is 248 g/mol. The molecule has 0 saturated heterocycles. The molecule has 0 unspecified atom stereocenters. The zero-order chi connectivity index (χ0) is 10.6. The van der Waals surface area contributed by atoms with E-state index < -0.39 is 0 Å². The molecule has 1 aromatic rings. The molecule has 0 fully saturated rings. The van der Waals surface area contributed by atoms with Gasteiger partial charge < -0.3 is 10.0 Å². The van der Waals surface area contributed by atoms with Gasteiger partial charge in [-0.1, -0.05) is 0 Å². The Kier molecular flexibility index (Phi) is 4.03. The molecule has 0 aromatic carbocycles. The van der Waals surface area contributed by atoms with E-state index in [1.807, 2.05) is 0 Å². The molecule has 1 N–H and O–H groups in total. The maximum atomic E-state index is 11.7. The molecule has 5 heteroatoms. The molecule has 0 saturated carbocycles. The van der Waals surface area contributed by atoms with Gasteiger partial charge in [-0.25, -0.2) is 4.98 Å². The fourth-order valence-electron chi connectivity index (χ4n) is 0.975. The second kappa shape index (κ2) is 5.07. The number of nitrogens with zero attached hydrogens (tertiary/aromatic N) is 2. The van der Waals surface area contributed by atoms with Crippen molar-refractivity contribution in [3.05, 3.63) is 28.5 Å². The molecule has 1 heterocycles. The standard InChI is InChI=1S/C9H11BrN2O2/c1-12(5-6-13)9(14)8-7(10)3-2-4-11-8/h2-4,13H,5-6H2,1H3. The zero-order valence-corrected chi connectivity index (χ0v) is 9.36. The van der Waals surface area contributed by atoms with Gasteiger partial charge in [-0.2, -0.15) is 0 Å². The van der Waals surface area contributed by atoms with Gasteiger partial charge in [-0.15, -0.1) is 0 Å². The number of carbonyl (C=O) groups is 1. The van der Waals surface area contributed by atoms with Gasteiger partial charge in [0.25, 0.3) is 5.91 Å². The zero-order valence-electron chi connectivity index (χ0n) is 7.77. The van der Waals surface area contributed by atoms with Crippen molar-refractivity contribution in [1.82, 2.24) is 9.88 Å². The number of hydrogen-bond acceptors (Lipinski definition) is 3. The topological polar surface area (TPSA) is 53.4 Å². The molecule has 0 spiro atoms. The summed E-state index contributed by atoms with van der Waals surface area (Å²) in [5.74, 6) is -0.202. The fourth-order valence-corrected chi connectivity index (χ4v) is 1.40. The van der Waals surface area contributed by atoms with Gasteiger partial charge in [0, 0.05) is 24.3 Å². The van der Waals surface area contributed by atoms with Gasteiger partial charge in [-0.05, 0) is 28.1 Å². The van der Waals surface area contributed by atoms with E-state index in [0.29, 0.717) is 16.7 Å². The van der Waals surface area contributed by atoms with E-state index in [9.17, 15) is 4.79 Å². The van der Waals surface area contributed by atoms with Gasteiger partial charge in [-0.3, -0.25) is 4.79 Å². The monoisotopic (exact) mass is 258 g/mol. The van der Waals surface area contributed by atoms with Crippen LogP contribution in [0, 0.1) is 0 Å². The number of aliphatic hydroxyl groups excluding tert-OH is 1. The van der Waals surface area contributed by atoms with Crippen LogP contribution in [0.4, 0.5) is 0 Å². The van der Waals surface area contributed by atoms with Crippen LogP contribution in [0.15, 0.2) is 22.8 Å². The molecule has 0 aliphatic rings. The van der Waals surface area contributed by atoms with E-state index >= 15 is 0 Å². The van der Waals surface area contributed by atoms with Crippen molar-refractivity contribution in [3.63, 3.8) is 0 Å². The maximum absolute atomic E-state index is 11.7. The maximum Gasteiger partial charge on any atom is 0.273 e. The van der Waals surface area contributed by atoms with Crippen LogP contribution in [-0.4, -0.2) is 41.1 Å². The summed E-state index contributed by atoms with van der Waals surface area (Å²) in [6.45, 7) is 0.258. The van der Waals surface area contributed by atoms with Crippen LogP contribution in [0.5, 0.6) is 0 Å². The summed E-state index contributed by atoms with van der Waals surface area (Å²) in [6.07, 6.45) is 1.56. The van der Waals surface area contributed by atoms with Crippen molar-refractivity contribution < 1.29 is 9.90 Å². The number of halogens is 1. The van der Waals surface area contributed by atoms with Crippen LogP contribution in [0.1, 0.15) is 10.5 Å². The summed E-state index contributed by atoms with van der Waals surface area (Å²) < 4.78 is 0.662. The first kappa shape index (κ1) is 11.1. The van der Waals surface area contributed by atoms with Gasteiger partial charge in [0.1, 0.15) is 5.69 Å². The lowest BCUT2D eigenvalue weighted by atomic mass is 10.3. The van der Waals surface area contributed by atoms with Crippen LogP contribution < -0.4 is 0 Å². The Morgan fingerprint density at radius 3 is 3.00 bits per heavy atom. The largest absolute Gasteiger partial charge is 0.395 e. The van der Waals surface area contributed by atoms with Crippen molar-refractivity contribution >= 4 is 21.8 Å². The highest BCUT2D eigenvalue weighted by atomic mass is 79.9. The number of aliphatic hydroxyl groups is 1. The second-order valence-corrected chi connectivity index (χ2v) is 3.64. The highest BCUT2D eigenvalue weighted by molar-refractivity contribution is 9.10. The Bertz CT molecular complexity index is 330. The molecular formula is C9H11BrN2O2. The Hall–Kier alpha value is -0.940. The summed E-state index contributed by atoms with van der Waals surface area (Å²) in [7, 11) is 1.62. The highest BCUT2D eigenvalue weighted by Gasteiger charge is 2.14. The highest BCUT2D eigenvalue weighted by Crippen LogP contribution is 2.14. The van der Waals surface area contributed by atoms with Gasteiger partial charge in [0.15, 0.2) is 0 Å². The van der Waals surface area contributed by atoms with Crippen LogP contribution in [0.3, 0.4) is 0 Å². The predicted octanol–water partition coefficient (Wildman–Crippen LogP) is 0.908. The third kappa shape index (κ3) is 2.52. The third-order valence-corrected chi connectivity index (χ3v) is 2.38. The molecule has 0 aliphatic carbocycles. The summed E-state index contributed by atoms with van der Waals surface area (Å²) in [6, 6.07) is 3.50. The van der Waals surface area contributed by atoms with Gasteiger partial charge >= 0.3 is 0 Å². The second-order valence-electron chi connectivity index (χ2n) is 2.78. The number of hydrogen-bond donors (Lipinski definition) is 1. The summed E-state index contributed by atoms with van der Waals surface area (Å²) >= 11 is 3.24. The van der Waals surface area contributed by atoms with E-state index in [-0.39, 0.29) is 12.5 Å². The molecule has 0 bridgehead atoms. The predicted molar refractivity (Wildman–Crippen MR) is 56.0 cm³/mol. The minimum absolute atomic E-state index is 0.0489. The van der Waals surface area contributed by atoms with E-state index in [2.05, 4.69) is 20.9 Å². The average molecular weight is 259 g/mol. The quantitative estimate of drug-likeness (QED) is 0.877. The molecule has 4 nitrogen and oxygen atoms in total. The Labute approximate surface area is 90.7 Å². The molecule has 1 rings (SSSR count). The minimum atomic E-state index is -0.202. The van der Waals surface area contributed by atoms with Crippen LogP contribution in [-0.2, 0) is 0 Å². The van der Waals surface area contributed by atoms with Gasteiger partial charge in [0.05, 0.1) is 6.61 Å². The van der Waals surface area contributed by atoms with E-state index in [1.165, 1.54) is 4.90 Å². The van der Waals surface area contributed by atoms with Crippen molar-refractivity contribution in [3.8, 4) is 0 Å². The summed E-state index contributed by atoms with van der Waals surface area (Å²) in [4.78, 5) is 17.1. The molecule has 0 radical (unpaired) electrons. The van der Waals surface area contributed by atoms with E-state index in [1.54, 1.807) is 25.4 Å². The van der Waals surface area contributed by atoms with Crippen molar-refractivity contribution in [2.75, 3.05) is 20.2 Å². The minimum Gasteiger partial charge on any atom is -0.395 e. The first-order valence-corrected chi connectivity index (χ1v) is 4.93. The Morgan fingerprint density at radius 1 is 1.71 bits per heavy atom. The van der Waals surface area contributed by atoms with Crippen molar-refractivity contribution in [2.45, 2.75) is 0 Å². The Morgan fingerprint density at radius 2 is 2.43 bits per heavy atom. The molecule has 76 valence electrons. The average Bonchev–Trinajstić information content (AvgIpc) is 2.18. The van der Waals surface area contributed by atoms with E-state index in [0.717, 1.165) is 0 Å². The van der Waals surface area contributed by atoms with Crippen molar-refractivity contribution in [1.29, 1.82) is 0 Å². The summed E-state index contributed by atoms with van der Waals surface area (Å²) in [5.41, 5.74) is 0.364. The molecule has 0 atom stereocenters. The lowest BCUT2D eigenvalue weighted by Crippen LogP contribution is -2.30. The number of pyridine rings is 1.